The Bertz CT molecular complexity index is 1580. The largest absolute Gasteiger partial charge is 0.454 e. The van der Waals surface area contributed by atoms with E-state index in [0.29, 0.717) is 19.3 Å². The topological polar surface area (TPSA) is 175 Å². The van der Waals surface area contributed by atoms with Gasteiger partial charge >= 0.3 is 5.97 Å². The number of unbranched alkanes of at least 4 members (excludes halogenated alkanes) is 15. The molecule has 1 fully saturated rings. The number of hydrogen-bond acceptors (Lipinski definition) is 10. The van der Waals surface area contributed by atoms with E-state index >= 15 is 0 Å². The summed E-state index contributed by atoms with van der Waals surface area (Å²) in [7, 11) is 0. The first-order valence-electron chi connectivity index (χ1n) is 28.2. The Morgan fingerprint density at radius 3 is 1.50 bits per heavy atom. The highest BCUT2D eigenvalue weighted by atomic mass is 16.7. The lowest BCUT2D eigenvalue weighted by atomic mass is 9.99. The maximum absolute atomic E-state index is 13.3. The number of carbonyl (C=O) groups is 2. The molecule has 11 nitrogen and oxygen atoms in total. The van der Waals surface area contributed by atoms with Crippen LogP contribution >= 0.6 is 0 Å². The quantitative estimate of drug-likeness (QED) is 0.0196. The molecule has 11 heteroatoms. The number of allylic oxidation sites excluding steroid dienone is 17. The van der Waals surface area contributed by atoms with Crippen molar-refractivity contribution in [2.24, 2.45) is 0 Å². The molecule has 1 amide bonds. The molecule has 0 saturated carbocycles. The van der Waals surface area contributed by atoms with Gasteiger partial charge in [0.1, 0.15) is 24.4 Å². The van der Waals surface area contributed by atoms with Gasteiger partial charge < -0.3 is 45.1 Å². The molecule has 72 heavy (non-hydrogen) atoms. The molecule has 0 aromatic carbocycles. The molecule has 410 valence electrons. The van der Waals surface area contributed by atoms with Crippen molar-refractivity contribution in [1.29, 1.82) is 0 Å². The second-order valence-electron chi connectivity index (χ2n) is 18.9. The predicted molar refractivity (Wildman–Crippen MR) is 296 cm³/mol. The standard InChI is InChI=1S/C61H101NO10/c1-4-7-10-13-16-19-22-24-25-26-27-28-29-31-34-37-40-43-46-49-56(66)72-59-58(68)57(67)55(50-63)71-61(59)70-51-52(53(64)47-44-41-38-35-32-21-18-15-12-9-6-3)62-60(69)54(65)48-45-42-39-36-33-30-23-20-17-14-11-8-5-2/h7-8,10-11,16-17,19-20,24-25,27-28,31,34,40,43-44,47,52-55,57-59,61,63-65,67-68H,4-6,9,12-15,18,21-23,26,29-30,32-33,35-39,41-42,45-46,48-51H2,1-3H3,(H,62,69)/b10-7-,11-8+,19-16-,20-17+,25-24-,28-27-,34-31-,43-40-,47-44+. The molecule has 0 bridgehead atoms. The maximum Gasteiger partial charge on any atom is 0.306 e. The third-order valence-corrected chi connectivity index (χ3v) is 12.4. The van der Waals surface area contributed by atoms with Crippen LogP contribution in [0.15, 0.2) is 109 Å². The van der Waals surface area contributed by atoms with Crippen LogP contribution < -0.4 is 5.32 Å². The summed E-state index contributed by atoms with van der Waals surface area (Å²) in [5.74, 6) is -1.30. The number of rotatable bonds is 45. The van der Waals surface area contributed by atoms with Crippen molar-refractivity contribution in [1.82, 2.24) is 5.32 Å². The van der Waals surface area contributed by atoms with Crippen molar-refractivity contribution in [3.05, 3.63) is 109 Å². The molecule has 1 aliphatic heterocycles. The fourth-order valence-corrected chi connectivity index (χ4v) is 8.01. The average Bonchev–Trinajstić information content (AvgIpc) is 3.38. The fraction of sp³-hybridized carbons (Fsp3) is 0.672. The van der Waals surface area contributed by atoms with Gasteiger partial charge in [0.2, 0.25) is 5.91 Å². The molecule has 0 aromatic rings. The van der Waals surface area contributed by atoms with Crippen LogP contribution in [0.5, 0.6) is 0 Å². The van der Waals surface area contributed by atoms with Gasteiger partial charge in [0.15, 0.2) is 12.4 Å². The molecule has 0 spiro atoms. The van der Waals surface area contributed by atoms with E-state index < -0.39 is 67.4 Å². The van der Waals surface area contributed by atoms with E-state index in [2.05, 4.69) is 111 Å². The van der Waals surface area contributed by atoms with E-state index in [1.165, 1.54) is 38.5 Å². The first kappa shape index (κ1) is 66.3. The Morgan fingerprint density at radius 2 is 1.00 bits per heavy atom. The Labute approximate surface area is 437 Å². The molecular formula is C61H101NO10. The van der Waals surface area contributed by atoms with Crippen molar-refractivity contribution in [3.8, 4) is 0 Å². The summed E-state index contributed by atoms with van der Waals surface area (Å²) in [5.41, 5.74) is 0. The summed E-state index contributed by atoms with van der Waals surface area (Å²) < 4.78 is 17.5. The van der Waals surface area contributed by atoms with Gasteiger partial charge in [0.05, 0.1) is 25.4 Å². The van der Waals surface area contributed by atoms with E-state index in [0.717, 1.165) is 109 Å². The average molecular weight is 1010 g/mol. The van der Waals surface area contributed by atoms with Gasteiger partial charge in [-0.2, -0.15) is 0 Å². The third kappa shape index (κ3) is 36.3. The smallest absolute Gasteiger partial charge is 0.306 e. The SMILES string of the molecule is CC/C=C\C/C=C\C/C=C\C/C=C\C/C=C\C/C=C\CCC(=O)OC1C(OCC(NC(=O)C(O)CCCCCCCC/C=C/C/C=C/CC)C(O)/C=C/CCCCCCCCCCC)OC(CO)C(O)C1O. The molecule has 8 unspecified atom stereocenters. The number of aliphatic hydroxyl groups is 5. The Hall–Kier alpha value is -3.68. The predicted octanol–water partition coefficient (Wildman–Crippen LogP) is 12.5. The van der Waals surface area contributed by atoms with E-state index in [1.807, 2.05) is 18.2 Å². The molecule has 0 radical (unpaired) electrons. The Kier molecular flexibility index (Phi) is 44.5. The number of nitrogens with one attached hydrogen (secondary N) is 1. The molecule has 1 rings (SSSR count). The van der Waals surface area contributed by atoms with Crippen LogP contribution in [0.25, 0.3) is 0 Å². The Balaban J connectivity index is 2.78. The monoisotopic (exact) mass is 1010 g/mol. The van der Waals surface area contributed by atoms with E-state index in [9.17, 15) is 35.1 Å². The number of hydrogen-bond donors (Lipinski definition) is 6. The fourth-order valence-electron chi connectivity index (χ4n) is 8.01. The summed E-state index contributed by atoms with van der Waals surface area (Å²) >= 11 is 0. The third-order valence-electron chi connectivity index (χ3n) is 12.4. The first-order chi connectivity index (χ1) is 35.2. The highest BCUT2D eigenvalue weighted by Gasteiger charge is 2.47. The van der Waals surface area contributed by atoms with Gasteiger partial charge in [0.25, 0.3) is 0 Å². The zero-order chi connectivity index (χ0) is 52.5. The van der Waals surface area contributed by atoms with Crippen LogP contribution in [-0.2, 0) is 23.8 Å². The van der Waals surface area contributed by atoms with Gasteiger partial charge in [-0.05, 0) is 89.9 Å². The van der Waals surface area contributed by atoms with E-state index in [1.54, 1.807) is 6.08 Å². The number of ether oxygens (including phenoxy) is 3. The van der Waals surface area contributed by atoms with Gasteiger partial charge in [-0.1, -0.05) is 214 Å². The van der Waals surface area contributed by atoms with Gasteiger partial charge in [-0.15, -0.1) is 0 Å². The van der Waals surface area contributed by atoms with Crippen LogP contribution in [0.3, 0.4) is 0 Å². The number of amides is 1. The van der Waals surface area contributed by atoms with E-state index in [4.69, 9.17) is 14.2 Å². The van der Waals surface area contributed by atoms with Gasteiger partial charge in [-0.3, -0.25) is 9.59 Å². The highest BCUT2D eigenvalue weighted by Crippen LogP contribution is 2.26. The molecule has 1 heterocycles. The zero-order valence-electron chi connectivity index (χ0n) is 45.0. The maximum atomic E-state index is 13.3. The van der Waals surface area contributed by atoms with Crippen LogP contribution in [-0.4, -0.2) is 99.6 Å². The zero-order valence-corrected chi connectivity index (χ0v) is 45.0. The van der Waals surface area contributed by atoms with Crippen molar-refractivity contribution in [3.63, 3.8) is 0 Å². The highest BCUT2D eigenvalue weighted by molar-refractivity contribution is 5.80. The summed E-state index contributed by atoms with van der Waals surface area (Å²) in [4.78, 5) is 26.4. The van der Waals surface area contributed by atoms with Crippen LogP contribution in [0.4, 0.5) is 0 Å². The van der Waals surface area contributed by atoms with E-state index in [-0.39, 0.29) is 19.4 Å². The number of esters is 1. The minimum absolute atomic E-state index is 0.00824. The summed E-state index contributed by atoms with van der Waals surface area (Å²) in [5, 5.41) is 56.7. The molecule has 1 aliphatic rings. The van der Waals surface area contributed by atoms with Crippen LogP contribution in [0.1, 0.15) is 201 Å². The van der Waals surface area contributed by atoms with Crippen LogP contribution in [0.2, 0.25) is 0 Å². The lowest BCUT2D eigenvalue weighted by molar-refractivity contribution is -0.305. The molecule has 0 aromatic heterocycles. The summed E-state index contributed by atoms with van der Waals surface area (Å²) in [6.45, 7) is 5.48. The van der Waals surface area contributed by atoms with Crippen molar-refractivity contribution < 1.29 is 49.3 Å². The Morgan fingerprint density at radius 1 is 0.556 bits per heavy atom. The van der Waals surface area contributed by atoms with Gasteiger partial charge in [0, 0.05) is 6.42 Å². The van der Waals surface area contributed by atoms with Crippen molar-refractivity contribution >= 4 is 11.9 Å². The molecule has 1 saturated heterocycles. The minimum Gasteiger partial charge on any atom is -0.454 e. The number of carbonyl (C=O) groups excluding carboxylic acids is 2. The second kappa shape index (κ2) is 48.3. The number of aliphatic hydroxyl groups excluding tert-OH is 5. The summed E-state index contributed by atoms with van der Waals surface area (Å²) in [6.07, 6.45) is 54.3. The van der Waals surface area contributed by atoms with Crippen molar-refractivity contribution in [2.45, 2.75) is 250 Å². The molecule has 6 N–H and O–H groups in total. The molecule has 8 atom stereocenters. The lowest BCUT2D eigenvalue weighted by Crippen LogP contribution is -2.61. The molecular weight excluding hydrogens is 907 g/mol. The minimum atomic E-state index is -1.65. The normalized spacial score (nSPS) is 20.4. The molecule has 0 aliphatic carbocycles. The van der Waals surface area contributed by atoms with Crippen LogP contribution in [0, 0.1) is 0 Å². The van der Waals surface area contributed by atoms with Crippen molar-refractivity contribution in [2.75, 3.05) is 13.2 Å². The summed E-state index contributed by atoms with van der Waals surface area (Å²) in [6, 6.07) is -1.05. The lowest BCUT2D eigenvalue weighted by Gasteiger charge is -2.41. The second-order valence-corrected chi connectivity index (χ2v) is 18.9. The van der Waals surface area contributed by atoms with Gasteiger partial charge in [-0.25, -0.2) is 0 Å². The first-order valence-corrected chi connectivity index (χ1v) is 28.2.